The second-order valence-corrected chi connectivity index (χ2v) is 7.10. The topological polar surface area (TPSA) is 117 Å². The minimum absolute atomic E-state index is 0.187. The van der Waals surface area contributed by atoms with Gasteiger partial charge in [0.15, 0.2) is 0 Å². The first kappa shape index (κ1) is 21.8. The molecule has 3 N–H and O–H groups in total. The Hall–Kier alpha value is -3.88. The minimum atomic E-state index is -0.915. The molecule has 0 saturated carbocycles. The maximum Gasteiger partial charge on any atom is 0.324 e. The van der Waals surface area contributed by atoms with Crippen LogP contribution in [0, 0.1) is 0 Å². The van der Waals surface area contributed by atoms with Crippen LogP contribution in [0.3, 0.4) is 0 Å². The number of hydrogen-bond acceptors (Lipinski definition) is 5. The number of hydrogen-bond donors (Lipinski definition) is 3. The molecule has 0 bridgehead atoms. The van der Waals surface area contributed by atoms with Gasteiger partial charge in [-0.1, -0.05) is 18.2 Å². The van der Waals surface area contributed by atoms with Crippen LogP contribution >= 0.6 is 0 Å². The lowest BCUT2D eigenvalue weighted by atomic mass is 10.1. The van der Waals surface area contributed by atoms with E-state index < -0.39 is 23.9 Å². The fraction of sp³-hybridized carbons (Fsp3) is 0.273. The Labute approximate surface area is 179 Å². The van der Waals surface area contributed by atoms with Gasteiger partial charge in [0.1, 0.15) is 11.8 Å². The standard InChI is InChI=1S/C22H24N4O5/c1-14(27)23-16-4-3-5-17(12-16)24-20(28)13-19-21(29)26(22(30)25-19)11-10-15-6-8-18(31-2)9-7-15/h3-9,12,19H,10-11,13H2,1-2H3,(H,23,27)(H,24,28)(H,25,30). The zero-order valence-corrected chi connectivity index (χ0v) is 17.3. The molecule has 5 amide bonds. The van der Waals surface area contributed by atoms with Crippen molar-refractivity contribution in [1.29, 1.82) is 0 Å². The maximum atomic E-state index is 12.6. The normalized spacial score (nSPS) is 15.4. The third-order valence-electron chi connectivity index (χ3n) is 4.75. The average Bonchev–Trinajstić information content (AvgIpc) is 2.99. The Bertz CT molecular complexity index is 990. The summed E-state index contributed by atoms with van der Waals surface area (Å²) >= 11 is 0. The molecule has 0 aromatic heterocycles. The molecule has 1 aliphatic heterocycles. The van der Waals surface area contributed by atoms with Gasteiger partial charge in [-0.2, -0.15) is 0 Å². The van der Waals surface area contributed by atoms with Crippen LogP contribution in [0.2, 0.25) is 0 Å². The molecule has 0 radical (unpaired) electrons. The van der Waals surface area contributed by atoms with Crippen LogP contribution in [0.4, 0.5) is 16.2 Å². The van der Waals surface area contributed by atoms with Crippen LogP contribution in [-0.4, -0.2) is 48.3 Å². The first-order valence-corrected chi connectivity index (χ1v) is 9.78. The Kier molecular flexibility index (Phi) is 6.86. The molecule has 1 fully saturated rings. The molecule has 162 valence electrons. The van der Waals surface area contributed by atoms with Crippen LogP contribution in [0.15, 0.2) is 48.5 Å². The summed E-state index contributed by atoms with van der Waals surface area (Å²) in [6.45, 7) is 1.61. The van der Waals surface area contributed by atoms with Gasteiger partial charge < -0.3 is 20.7 Å². The molecule has 2 aromatic carbocycles. The van der Waals surface area contributed by atoms with E-state index in [1.54, 1.807) is 31.4 Å². The van der Waals surface area contributed by atoms with Crippen molar-refractivity contribution in [1.82, 2.24) is 10.2 Å². The molecule has 2 aromatic rings. The maximum absolute atomic E-state index is 12.6. The largest absolute Gasteiger partial charge is 0.497 e. The van der Waals surface area contributed by atoms with Gasteiger partial charge in [0.2, 0.25) is 11.8 Å². The third-order valence-corrected chi connectivity index (χ3v) is 4.75. The van der Waals surface area contributed by atoms with E-state index in [1.165, 1.54) is 6.92 Å². The summed E-state index contributed by atoms with van der Waals surface area (Å²) in [5.74, 6) is -0.346. The van der Waals surface area contributed by atoms with Crippen LogP contribution < -0.4 is 20.7 Å². The van der Waals surface area contributed by atoms with Crippen LogP contribution in [0.5, 0.6) is 5.75 Å². The Balaban J connectivity index is 1.54. The van der Waals surface area contributed by atoms with Gasteiger partial charge in [-0.25, -0.2) is 4.79 Å². The van der Waals surface area contributed by atoms with E-state index in [9.17, 15) is 19.2 Å². The molecular weight excluding hydrogens is 400 g/mol. The van der Waals surface area contributed by atoms with E-state index in [0.717, 1.165) is 16.2 Å². The predicted octanol–water partition coefficient (Wildman–Crippen LogP) is 2.15. The zero-order valence-electron chi connectivity index (χ0n) is 17.3. The van der Waals surface area contributed by atoms with Gasteiger partial charge in [-0.05, 0) is 42.3 Å². The van der Waals surface area contributed by atoms with E-state index in [2.05, 4.69) is 16.0 Å². The first-order chi connectivity index (χ1) is 14.9. The lowest BCUT2D eigenvalue weighted by molar-refractivity contribution is -0.129. The number of anilines is 2. The number of carbonyl (C=O) groups is 4. The van der Waals surface area contributed by atoms with E-state index >= 15 is 0 Å². The van der Waals surface area contributed by atoms with Gasteiger partial charge in [0.25, 0.3) is 5.91 Å². The van der Waals surface area contributed by atoms with Crippen molar-refractivity contribution in [2.24, 2.45) is 0 Å². The molecule has 3 rings (SSSR count). The van der Waals surface area contributed by atoms with Crippen LogP contribution in [0.1, 0.15) is 18.9 Å². The molecule has 1 heterocycles. The first-order valence-electron chi connectivity index (χ1n) is 9.78. The number of imide groups is 1. The SMILES string of the molecule is COc1ccc(CCN2C(=O)NC(CC(=O)Nc3cccc(NC(C)=O)c3)C2=O)cc1. The summed E-state index contributed by atoms with van der Waals surface area (Å²) in [7, 11) is 1.58. The second-order valence-electron chi connectivity index (χ2n) is 7.10. The summed E-state index contributed by atoms with van der Waals surface area (Å²) in [5, 5.41) is 7.87. The highest BCUT2D eigenvalue weighted by atomic mass is 16.5. The number of methoxy groups -OCH3 is 1. The van der Waals surface area contributed by atoms with E-state index in [0.29, 0.717) is 17.8 Å². The van der Waals surface area contributed by atoms with Crippen molar-refractivity contribution in [2.75, 3.05) is 24.3 Å². The van der Waals surface area contributed by atoms with Crippen molar-refractivity contribution in [3.05, 3.63) is 54.1 Å². The predicted molar refractivity (Wildman–Crippen MR) is 115 cm³/mol. The summed E-state index contributed by atoms with van der Waals surface area (Å²) in [5.41, 5.74) is 1.98. The summed E-state index contributed by atoms with van der Waals surface area (Å²) < 4.78 is 5.11. The summed E-state index contributed by atoms with van der Waals surface area (Å²) in [6.07, 6.45) is 0.311. The highest BCUT2D eigenvalue weighted by Gasteiger charge is 2.38. The van der Waals surface area contributed by atoms with Gasteiger partial charge in [0, 0.05) is 24.8 Å². The number of urea groups is 1. The fourth-order valence-corrected chi connectivity index (χ4v) is 3.24. The van der Waals surface area contributed by atoms with Crippen molar-refractivity contribution < 1.29 is 23.9 Å². The number of carbonyl (C=O) groups excluding carboxylic acids is 4. The van der Waals surface area contributed by atoms with Gasteiger partial charge >= 0.3 is 6.03 Å². The third kappa shape index (κ3) is 5.81. The number of amides is 5. The van der Waals surface area contributed by atoms with Crippen molar-refractivity contribution >= 4 is 35.1 Å². The number of rotatable bonds is 8. The number of ether oxygens (including phenoxy) is 1. The summed E-state index contributed by atoms with van der Waals surface area (Å²) in [6, 6.07) is 12.6. The molecule has 1 aliphatic rings. The van der Waals surface area contributed by atoms with Crippen LogP contribution in [0.25, 0.3) is 0 Å². The number of benzene rings is 2. The summed E-state index contributed by atoms with van der Waals surface area (Å²) in [4.78, 5) is 49.5. The quantitative estimate of drug-likeness (QED) is 0.562. The lowest BCUT2D eigenvalue weighted by Crippen LogP contribution is -2.34. The molecular formula is C22H24N4O5. The minimum Gasteiger partial charge on any atom is -0.497 e. The lowest BCUT2D eigenvalue weighted by Gasteiger charge is -2.13. The van der Waals surface area contributed by atoms with E-state index in [1.807, 2.05) is 24.3 Å². The van der Waals surface area contributed by atoms with Crippen molar-refractivity contribution in [3.63, 3.8) is 0 Å². The zero-order chi connectivity index (χ0) is 22.4. The Morgan fingerprint density at radius 1 is 1.06 bits per heavy atom. The molecule has 9 heteroatoms. The molecule has 31 heavy (non-hydrogen) atoms. The molecule has 1 saturated heterocycles. The highest BCUT2D eigenvalue weighted by Crippen LogP contribution is 2.17. The number of nitrogens with one attached hydrogen (secondary N) is 3. The van der Waals surface area contributed by atoms with Crippen LogP contribution in [-0.2, 0) is 20.8 Å². The monoisotopic (exact) mass is 424 g/mol. The molecule has 9 nitrogen and oxygen atoms in total. The van der Waals surface area contributed by atoms with E-state index in [4.69, 9.17) is 4.74 Å². The van der Waals surface area contributed by atoms with Crippen molar-refractivity contribution in [3.8, 4) is 5.75 Å². The molecule has 1 atom stereocenters. The molecule has 0 spiro atoms. The van der Waals surface area contributed by atoms with Gasteiger partial charge in [-0.15, -0.1) is 0 Å². The Morgan fingerprint density at radius 2 is 1.74 bits per heavy atom. The average molecular weight is 424 g/mol. The molecule has 0 aliphatic carbocycles. The smallest absolute Gasteiger partial charge is 0.324 e. The highest BCUT2D eigenvalue weighted by molar-refractivity contribution is 6.07. The van der Waals surface area contributed by atoms with E-state index in [-0.39, 0.29) is 18.9 Å². The second kappa shape index (κ2) is 9.75. The molecule has 1 unspecified atom stereocenters. The number of nitrogens with zero attached hydrogens (tertiary/aromatic N) is 1. The van der Waals surface area contributed by atoms with Crippen molar-refractivity contribution in [2.45, 2.75) is 25.8 Å². The van der Waals surface area contributed by atoms with Gasteiger partial charge in [-0.3, -0.25) is 19.3 Å². The Morgan fingerprint density at radius 3 is 2.39 bits per heavy atom. The van der Waals surface area contributed by atoms with Gasteiger partial charge in [0.05, 0.1) is 13.5 Å². The fourth-order valence-electron chi connectivity index (χ4n) is 3.24.